The van der Waals surface area contributed by atoms with E-state index in [-0.39, 0.29) is 18.4 Å². The predicted molar refractivity (Wildman–Crippen MR) is 115 cm³/mol. The van der Waals surface area contributed by atoms with Gasteiger partial charge in [-0.3, -0.25) is 9.59 Å². The number of rotatable bonds is 7. The maximum atomic E-state index is 12.5. The summed E-state index contributed by atoms with van der Waals surface area (Å²) < 4.78 is 16.7. The zero-order valence-electron chi connectivity index (χ0n) is 17.4. The molecule has 2 aliphatic rings. The normalized spacial score (nSPS) is 18.3. The van der Waals surface area contributed by atoms with Crippen LogP contribution >= 0.6 is 0 Å². The molecular formula is C23H28N3O5+. The lowest BCUT2D eigenvalue weighted by atomic mass is 10.2. The molecule has 164 valence electrons. The van der Waals surface area contributed by atoms with E-state index in [1.807, 2.05) is 12.1 Å². The molecule has 2 aromatic carbocycles. The number of nitrogens with one attached hydrogen (secondary N) is 3. The minimum Gasteiger partial charge on any atom is -0.485 e. The number of morpholine rings is 1. The first kappa shape index (κ1) is 21.1. The maximum Gasteiger partial charge on any atom is 0.269 e. The fourth-order valence-electron chi connectivity index (χ4n) is 3.63. The fraction of sp³-hybridized carbons (Fsp3) is 0.391. The molecule has 31 heavy (non-hydrogen) atoms. The highest BCUT2D eigenvalue weighted by Crippen LogP contribution is 2.31. The van der Waals surface area contributed by atoms with E-state index in [2.05, 4.69) is 10.6 Å². The summed E-state index contributed by atoms with van der Waals surface area (Å²) in [6.45, 7) is 5.52. The number of amides is 2. The predicted octanol–water partition coefficient (Wildman–Crippen LogP) is 0.500. The molecule has 8 heteroatoms. The number of benzene rings is 2. The van der Waals surface area contributed by atoms with Crippen molar-refractivity contribution in [3.63, 3.8) is 0 Å². The molecule has 2 amide bonds. The van der Waals surface area contributed by atoms with Gasteiger partial charge in [-0.25, -0.2) is 0 Å². The van der Waals surface area contributed by atoms with Gasteiger partial charge in [-0.15, -0.1) is 0 Å². The lowest BCUT2D eigenvalue weighted by molar-refractivity contribution is -0.908. The van der Waals surface area contributed by atoms with Gasteiger partial charge in [0.15, 0.2) is 11.5 Å². The third-order valence-corrected chi connectivity index (χ3v) is 5.41. The first-order chi connectivity index (χ1) is 15.2. The summed E-state index contributed by atoms with van der Waals surface area (Å²) in [5.74, 6) is 0.775. The average molecular weight is 426 g/mol. The summed E-state index contributed by atoms with van der Waals surface area (Å²) in [7, 11) is 0. The van der Waals surface area contributed by atoms with Crippen molar-refractivity contribution in [2.75, 3.05) is 51.3 Å². The SMILES string of the molecule is O=C(NCCC[NH+]1CCOCC1)c1ccc(NC(=O)[C@@H]2COc3ccccc3O2)cc1. The topological polar surface area (TPSA) is 90.3 Å². The van der Waals surface area contributed by atoms with E-state index in [1.54, 1.807) is 36.4 Å². The van der Waals surface area contributed by atoms with Crippen LogP contribution in [0.4, 0.5) is 5.69 Å². The van der Waals surface area contributed by atoms with Crippen LogP contribution in [-0.2, 0) is 9.53 Å². The number of ether oxygens (including phenoxy) is 3. The molecule has 0 radical (unpaired) electrons. The quantitative estimate of drug-likeness (QED) is 0.561. The van der Waals surface area contributed by atoms with E-state index in [1.165, 1.54) is 4.90 Å². The smallest absolute Gasteiger partial charge is 0.269 e. The van der Waals surface area contributed by atoms with E-state index in [0.717, 1.165) is 39.3 Å². The number of carbonyl (C=O) groups is 2. The van der Waals surface area contributed by atoms with Gasteiger partial charge in [0.1, 0.15) is 19.7 Å². The van der Waals surface area contributed by atoms with Gasteiger partial charge in [-0.2, -0.15) is 0 Å². The number of hydrogen-bond donors (Lipinski definition) is 3. The molecule has 2 aromatic rings. The molecule has 0 saturated carbocycles. The van der Waals surface area contributed by atoms with Crippen LogP contribution in [0, 0.1) is 0 Å². The van der Waals surface area contributed by atoms with Crippen molar-refractivity contribution in [1.29, 1.82) is 0 Å². The van der Waals surface area contributed by atoms with E-state index < -0.39 is 6.10 Å². The Kier molecular flexibility index (Phi) is 7.01. The molecule has 8 nitrogen and oxygen atoms in total. The monoisotopic (exact) mass is 426 g/mol. The number of fused-ring (bicyclic) bond motifs is 1. The molecule has 0 unspecified atom stereocenters. The van der Waals surface area contributed by atoms with Gasteiger partial charge in [0, 0.05) is 24.2 Å². The first-order valence-electron chi connectivity index (χ1n) is 10.7. The van der Waals surface area contributed by atoms with Crippen molar-refractivity contribution in [1.82, 2.24) is 5.32 Å². The molecule has 4 rings (SSSR count). The minimum atomic E-state index is -0.730. The molecule has 1 fully saturated rings. The van der Waals surface area contributed by atoms with Crippen LogP contribution in [0.25, 0.3) is 0 Å². The van der Waals surface area contributed by atoms with Crippen LogP contribution in [0.15, 0.2) is 48.5 Å². The Balaban J connectivity index is 1.21. The molecule has 2 heterocycles. The fourth-order valence-corrected chi connectivity index (χ4v) is 3.63. The molecular weight excluding hydrogens is 398 g/mol. The van der Waals surface area contributed by atoms with Gasteiger partial charge < -0.3 is 29.7 Å². The summed E-state index contributed by atoms with van der Waals surface area (Å²) in [4.78, 5) is 26.4. The Hall–Kier alpha value is -3.10. The summed E-state index contributed by atoms with van der Waals surface area (Å²) in [6, 6.07) is 14.1. The highest BCUT2D eigenvalue weighted by molar-refractivity contribution is 5.97. The second-order valence-corrected chi connectivity index (χ2v) is 7.65. The van der Waals surface area contributed by atoms with Crippen molar-refractivity contribution >= 4 is 17.5 Å². The van der Waals surface area contributed by atoms with Crippen LogP contribution in [-0.4, -0.2) is 63.9 Å². The van der Waals surface area contributed by atoms with Crippen molar-refractivity contribution < 1.29 is 28.7 Å². The number of para-hydroxylation sites is 2. The summed E-state index contributed by atoms with van der Waals surface area (Å²) in [5, 5.41) is 5.76. The maximum absolute atomic E-state index is 12.5. The second-order valence-electron chi connectivity index (χ2n) is 7.65. The highest BCUT2D eigenvalue weighted by atomic mass is 16.6. The number of quaternary nitrogens is 1. The summed E-state index contributed by atoms with van der Waals surface area (Å²) in [5.41, 5.74) is 1.16. The molecule has 2 aliphatic heterocycles. The van der Waals surface area contributed by atoms with Gasteiger partial charge in [0.25, 0.3) is 11.8 Å². The van der Waals surface area contributed by atoms with E-state index in [9.17, 15) is 9.59 Å². The van der Waals surface area contributed by atoms with Crippen LogP contribution < -0.4 is 25.0 Å². The van der Waals surface area contributed by atoms with Gasteiger partial charge in [-0.1, -0.05) is 12.1 Å². The van der Waals surface area contributed by atoms with Gasteiger partial charge in [0.05, 0.1) is 19.8 Å². The zero-order valence-corrected chi connectivity index (χ0v) is 17.4. The van der Waals surface area contributed by atoms with Gasteiger partial charge in [-0.05, 0) is 36.4 Å². The first-order valence-corrected chi connectivity index (χ1v) is 10.7. The Morgan fingerprint density at radius 3 is 2.52 bits per heavy atom. The van der Waals surface area contributed by atoms with Crippen LogP contribution in [0.5, 0.6) is 11.5 Å². The zero-order chi connectivity index (χ0) is 21.5. The van der Waals surface area contributed by atoms with Crippen molar-refractivity contribution in [2.45, 2.75) is 12.5 Å². The molecule has 1 atom stereocenters. The standard InChI is InChI=1S/C23H27N3O5/c27-22(24-10-3-11-26-12-14-29-15-13-26)17-6-8-18(9-7-17)25-23(28)21-16-30-19-4-1-2-5-20(19)31-21/h1-2,4-9,21H,3,10-16H2,(H,24,27)(H,25,28)/p+1/t21-/m0/s1. The van der Waals surface area contributed by atoms with Crippen LogP contribution in [0.2, 0.25) is 0 Å². The Morgan fingerprint density at radius 1 is 1.00 bits per heavy atom. The lowest BCUT2D eigenvalue weighted by Crippen LogP contribution is -3.14. The third kappa shape index (κ3) is 5.74. The molecule has 0 bridgehead atoms. The summed E-state index contributed by atoms with van der Waals surface area (Å²) in [6.07, 6.45) is 0.202. The van der Waals surface area contributed by atoms with Gasteiger partial charge in [0.2, 0.25) is 6.10 Å². The molecule has 3 N–H and O–H groups in total. The molecule has 0 aromatic heterocycles. The van der Waals surface area contributed by atoms with E-state index >= 15 is 0 Å². The van der Waals surface area contributed by atoms with Crippen LogP contribution in [0.1, 0.15) is 16.8 Å². The number of anilines is 1. The highest BCUT2D eigenvalue weighted by Gasteiger charge is 2.27. The average Bonchev–Trinajstić information content (AvgIpc) is 2.82. The van der Waals surface area contributed by atoms with E-state index in [4.69, 9.17) is 14.2 Å². The Bertz CT molecular complexity index is 896. The number of hydrogen-bond acceptors (Lipinski definition) is 5. The Labute approximate surface area is 181 Å². The third-order valence-electron chi connectivity index (χ3n) is 5.41. The second kappa shape index (κ2) is 10.3. The molecule has 0 aliphatic carbocycles. The lowest BCUT2D eigenvalue weighted by Gasteiger charge is -2.25. The molecule has 0 spiro atoms. The van der Waals surface area contributed by atoms with Crippen molar-refractivity contribution in [2.24, 2.45) is 0 Å². The van der Waals surface area contributed by atoms with Crippen molar-refractivity contribution in [3.8, 4) is 11.5 Å². The summed E-state index contributed by atoms with van der Waals surface area (Å²) >= 11 is 0. The molecule has 1 saturated heterocycles. The van der Waals surface area contributed by atoms with E-state index in [0.29, 0.717) is 29.3 Å². The van der Waals surface area contributed by atoms with Crippen molar-refractivity contribution in [3.05, 3.63) is 54.1 Å². The largest absolute Gasteiger partial charge is 0.485 e. The number of carbonyl (C=O) groups excluding carboxylic acids is 2. The van der Waals surface area contributed by atoms with Crippen LogP contribution in [0.3, 0.4) is 0 Å². The van der Waals surface area contributed by atoms with Gasteiger partial charge >= 0.3 is 0 Å². The Morgan fingerprint density at radius 2 is 1.74 bits per heavy atom. The minimum absolute atomic E-state index is 0.115.